The number of carbonyl (C=O) groups excluding carboxylic acids is 1. The molecule has 5 heteroatoms. The van der Waals surface area contributed by atoms with Gasteiger partial charge in [0.2, 0.25) is 0 Å². The van der Waals surface area contributed by atoms with Gasteiger partial charge in [0.1, 0.15) is 0 Å². The van der Waals surface area contributed by atoms with Crippen molar-refractivity contribution in [2.45, 2.75) is 58.2 Å². The fourth-order valence-corrected chi connectivity index (χ4v) is 2.93. The summed E-state index contributed by atoms with van der Waals surface area (Å²) in [5.74, 6) is 1.12. The van der Waals surface area contributed by atoms with Crippen molar-refractivity contribution in [2.75, 3.05) is 20.1 Å². The molecule has 2 aliphatic rings. The molecule has 136 valence electrons. The Morgan fingerprint density at radius 2 is 1.88 bits per heavy atom. The summed E-state index contributed by atoms with van der Waals surface area (Å²) in [5.41, 5.74) is 1.87. The molecule has 1 saturated carbocycles. The van der Waals surface area contributed by atoms with Crippen LogP contribution in [0.1, 0.15) is 55.5 Å². The van der Waals surface area contributed by atoms with Gasteiger partial charge in [-0.1, -0.05) is 12.1 Å². The van der Waals surface area contributed by atoms with E-state index in [-0.39, 0.29) is 11.9 Å². The summed E-state index contributed by atoms with van der Waals surface area (Å²) in [7, 11) is 1.84. The minimum atomic E-state index is 0.0678. The first-order valence-corrected chi connectivity index (χ1v) is 9.46. The van der Waals surface area contributed by atoms with Crippen LogP contribution >= 0.6 is 0 Å². The smallest absolute Gasteiger partial charge is 0.253 e. The first-order valence-electron chi connectivity index (χ1n) is 9.46. The quantitative estimate of drug-likeness (QED) is 0.661. The number of nitrogens with one attached hydrogen (secondary N) is 1. The molecule has 5 nitrogen and oxygen atoms in total. The van der Waals surface area contributed by atoms with Crippen LogP contribution in [0, 0.1) is 0 Å². The monoisotopic (exact) mass is 342 g/mol. The van der Waals surface area contributed by atoms with E-state index >= 15 is 0 Å². The van der Waals surface area contributed by atoms with Gasteiger partial charge in [-0.25, -0.2) is 4.99 Å². The van der Waals surface area contributed by atoms with E-state index in [4.69, 9.17) is 4.99 Å². The predicted molar refractivity (Wildman–Crippen MR) is 102 cm³/mol. The van der Waals surface area contributed by atoms with Gasteiger partial charge in [0.05, 0.1) is 6.54 Å². The zero-order valence-corrected chi connectivity index (χ0v) is 15.7. The van der Waals surface area contributed by atoms with Crippen LogP contribution in [0.15, 0.2) is 29.3 Å². The van der Waals surface area contributed by atoms with Crippen LogP contribution in [0.2, 0.25) is 0 Å². The second kappa shape index (κ2) is 7.89. The molecule has 0 radical (unpaired) electrons. The Bertz CT molecular complexity index is 613. The van der Waals surface area contributed by atoms with Gasteiger partial charge in [0.25, 0.3) is 5.91 Å². The predicted octanol–water partition coefficient (Wildman–Crippen LogP) is 2.87. The number of guanidine groups is 1. The lowest BCUT2D eigenvalue weighted by atomic mass is 10.1. The Labute approximate surface area is 151 Å². The van der Waals surface area contributed by atoms with E-state index in [0.717, 1.165) is 30.2 Å². The zero-order valence-electron chi connectivity index (χ0n) is 15.7. The van der Waals surface area contributed by atoms with Crippen LogP contribution < -0.4 is 5.32 Å². The molecule has 1 saturated heterocycles. The van der Waals surface area contributed by atoms with Crippen molar-refractivity contribution >= 4 is 11.9 Å². The Morgan fingerprint density at radius 1 is 1.24 bits per heavy atom. The fraction of sp³-hybridized carbons (Fsp3) is 0.600. The van der Waals surface area contributed by atoms with E-state index in [1.54, 1.807) is 4.90 Å². The number of benzene rings is 1. The van der Waals surface area contributed by atoms with Crippen LogP contribution in [0.4, 0.5) is 0 Å². The molecule has 25 heavy (non-hydrogen) atoms. The molecular weight excluding hydrogens is 312 g/mol. The summed E-state index contributed by atoms with van der Waals surface area (Å²) in [5, 5.41) is 3.58. The van der Waals surface area contributed by atoms with Gasteiger partial charge in [0.15, 0.2) is 5.96 Å². The number of rotatable bonds is 5. The molecule has 0 atom stereocenters. The third-order valence-corrected chi connectivity index (χ3v) is 5.02. The molecule has 2 fully saturated rings. The van der Waals surface area contributed by atoms with Crippen molar-refractivity contribution in [2.24, 2.45) is 4.99 Å². The number of aliphatic imine (C=N–C) groups is 1. The highest BCUT2D eigenvalue weighted by molar-refractivity contribution is 5.94. The van der Waals surface area contributed by atoms with Gasteiger partial charge in [0, 0.05) is 37.8 Å². The molecule has 1 aliphatic carbocycles. The van der Waals surface area contributed by atoms with Crippen LogP contribution in [0.3, 0.4) is 0 Å². The molecule has 1 aromatic rings. The third kappa shape index (κ3) is 4.74. The molecule has 0 spiro atoms. The lowest BCUT2D eigenvalue weighted by molar-refractivity contribution is 0.0755. The highest BCUT2D eigenvalue weighted by Crippen LogP contribution is 2.20. The minimum Gasteiger partial charge on any atom is -0.353 e. The number of amides is 1. The zero-order chi connectivity index (χ0) is 17.8. The standard InChI is InChI=1S/C20H30N4O/c1-15(2)23(3)19(25)17-8-6-16(7-9-17)14-21-20(22-18-10-11-18)24-12-4-5-13-24/h6-9,15,18H,4-5,10-14H2,1-3H3,(H,21,22). The van der Waals surface area contributed by atoms with Crippen molar-refractivity contribution in [1.82, 2.24) is 15.1 Å². The third-order valence-electron chi connectivity index (χ3n) is 5.02. The van der Waals surface area contributed by atoms with E-state index in [0.29, 0.717) is 12.6 Å². The molecule has 1 aliphatic heterocycles. The first kappa shape index (κ1) is 17.8. The molecule has 1 heterocycles. The molecule has 0 bridgehead atoms. The average molecular weight is 342 g/mol. The van der Waals surface area contributed by atoms with Gasteiger partial charge >= 0.3 is 0 Å². The van der Waals surface area contributed by atoms with Crippen molar-refractivity contribution in [3.63, 3.8) is 0 Å². The van der Waals surface area contributed by atoms with Crippen molar-refractivity contribution in [3.05, 3.63) is 35.4 Å². The molecular formula is C20H30N4O. The number of carbonyl (C=O) groups is 1. The maximum absolute atomic E-state index is 12.3. The van der Waals surface area contributed by atoms with Crippen molar-refractivity contribution in [1.29, 1.82) is 0 Å². The van der Waals surface area contributed by atoms with Crippen LogP contribution in [-0.2, 0) is 6.54 Å². The highest BCUT2D eigenvalue weighted by Gasteiger charge is 2.25. The van der Waals surface area contributed by atoms with Gasteiger partial charge in [-0.05, 0) is 57.2 Å². The van der Waals surface area contributed by atoms with E-state index in [1.165, 1.54) is 25.7 Å². The van der Waals surface area contributed by atoms with Crippen LogP contribution in [0.5, 0.6) is 0 Å². The Kier molecular flexibility index (Phi) is 5.61. The molecule has 1 amide bonds. The number of nitrogens with zero attached hydrogens (tertiary/aromatic N) is 3. The SMILES string of the molecule is CC(C)N(C)C(=O)c1ccc(CN=C(NC2CC2)N2CCCC2)cc1. The summed E-state index contributed by atoms with van der Waals surface area (Å²) in [6.45, 7) is 6.91. The fourth-order valence-electron chi connectivity index (χ4n) is 2.93. The molecule has 1 aromatic carbocycles. The normalized spacial score (nSPS) is 17.9. The van der Waals surface area contributed by atoms with Gasteiger partial charge in [-0.15, -0.1) is 0 Å². The lowest BCUT2D eigenvalue weighted by Crippen LogP contribution is -2.40. The van der Waals surface area contributed by atoms with Crippen LogP contribution in [0.25, 0.3) is 0 Å². The van der Waals surface area contributed by atoms with E-state index < -0.39 is 0 Å². The molecule has 1 N–H and O–H groups in total. The maximum Gasteiger partial charge on any atom is 0.253 e. The summed E-state index contributed by atoms with van der Waals surface area (Å²) in [6, 6.07) is 8.68. The lowest BCUT2D eigenvalue weighted by Gasteiger charge is -2.22. The second-order valence-corrected chi connectivity index (χ2v) is 7.46. The summed E-state index contributed by atoms with van der Waals surface area (Å²) < 4.78 is 0. The average Bonchev–Trinajstić information content (AvgIpc) is 3.27. The van der Waals surface area contributed by atoms with Gasteiger partial charge < -0.3 is 15.1 Å². The Hall–Kier alpha value is -2.04. The Morgan fingerprint density at radius 3 is 2.44 bits per heavy atom. The topological polar surface area (TPSA) is 47.9 Å². The van der Waals surface area contributed by atoms with E-state index in [1.807, 2.05) is 45.2 Å². The van der Waals surface area contributed by atoms with Crippen molar-refractivity contribution < 1.29 is 4.79 Å². The van der Waals surface area contributed by atoms with E-state index in [9.17, 15) is 4.79 Å². The molecule has 3 rings (SSSR count). The van der Waals surface area contributed by atoms with Gasteiger partial charge in [-0.3, -0.25) is 4.79 Å². The molecule has 0 aromatic heterocycles. The Balaban J connectivity index is 1.64. The summed E-state index contributed by atoms with van der Waals surface area (Å²) >= 11 is 0. The van der Waals surface area contributed by atoms with E-state index in [2.05, 4.69) is 10.2 Å². The summed E-state index contributed by atoms with van der Waals surface area (Å²) in [6.07, 6.45) is 5.02. The second-order valence-electron chi connectivity index (χ2n) is 7.46. The van der Waals surface area contributed by atoms with Crippen LogP contribution in [-0.4, -0.2) is 53.9 Å². The molecule has 0 unspecified atom stereocenters. The number of likely N-dealkylation sites (tertiary alicyclic amines) is 1. The first-order chi connectivity index (χ1) is 12.0. The van der Waals surface area contributed by atoms with Crippen molar-refractivity contribution in [3.8, 4) is 0 Å². The number of hydrogen-bond acceptors (Lipinski definition) is 2. The highest BCUT2D eigenvalue weighted by atomic mass is 16.2. The number of hydrogen-bond donors (Lipinski definition) is 1. The maximum atomic E-state index is 12.3. The summed E-state index contributed by atoms with van der Waals surface area (Å²) in [4.78, 5) is 21.3. The largest absolute Gasteiger partial charge is 0.353 e. The van der Waals surface area contributed by atoms with Gasteiger partial charge in [-0.2, -0.15) is 0 Å². The minimum absolute atomic E-state index is 0.0678.